The monoisotopic (exact) mass is 389 g/mol. The number of methoxy groups -OCH3 is 2. The molecule has 1 atom stereocenters. The molecule has 1 aromatic carbocycles. The van der Waals surface area contributed by atoms with Crippen LogP contribution < -0.4 is 15.2 Å². The van der Waals surface area contributed by atoms with E-state index in [1.54, 1.807) is 6.92 Å². The second-order valence-electron chi connectivity index (χ2n) is 5.64. The molecule has 1 aliphatic heterocycles. The summed E-state index contributed by atoms with van der Waals surface area (Å²) in [5, 5.41) is 21.0. The maximum Gasteiger partial charge on any atom is 0.338 e. The van der Waals surface area contributed by atoms with Crippen LogP contribution in [-0.4, -0.2) is 31.7 Å². The first-order chi connectivity index (χ1) is 13.3. The first-order valence-electron chi connectivity index (χ1n) is 8.16. The molecular formula is C18H19N3O7. The normalized spacial score (nSPS) is 16.2. The molecule has 0 saturated heterocycles. The molecule has 148 valence electrons. The van der Waals surface area contributed by atoms with E-state index in [-0.39, 0.29) is 52.1 Å². The zero-order chi connectivity index (χ0) is 21.0. The Hall–Kier alpha value is -3.74. The van der Waals surface area contributed by atoms with Crippen molar-refractivity contribution in [2.45, 2.75) is 19.8 Å². The van der Waals surface area contributed by atoms with E-state index in [0.29, 0.717) is 0 Å². The molecule has 1 unspecified atom stereocenters. The maximum absolute atomic E-state index is 12.6. The summed E-state index contributed by atoms with van der Waals surface area (Å²) in [7, 11) is 2.66. The number of nitrogens with zero attached hydrogens (tertiary/aromatic N) is 2. The minimum Gasteiger partial charge on any atom is -0.493 e. The summed E-state index contributed by atoms with van der Waals surface area (Å²) in [5.74, 6) is -1.75. The van der Waals surface area contributed by atoms with Gasteiger partial charge in [-0.2, -0.15) is 5.26 Å². The Morgan fingerprint density at radius 2 is 2.07 bits per heavy atom. The van der Waals surface area contributed by atoms with Crippen LogP contribution in [0.1, 0.15) is 25.3 Å². The van der Waals surface area contributed by atoms with Crippen LogP contribution in [0.2, 0.25) is 0 Å². The predicted molar refractivity (Wildman–Crippen MR) is 96.2 cm³/mol. The molecule has 1 aromatic rings. The van der Waals surface area contributed by atoms with Gasteiger partial charge in [0, 0.05) is 11.6 Å². The van der Waals surface area contributed by atoms with Crippen molar-refractivity contribution in [2.75, 3.05) is 20.8 Å². The molecule has 1 aliphatic rings. The number of nitrogens with two attached hydrogens (primary N) is 1. The number of non-ortho nitro benzene ring substituents is 1. The summed E-state index contributed by atoms with van der Waals surface area (Å²) in [4.78, 5) is 23.4. The molecule has 0 saturated carbocycles. The second-order valence-corrected chi connectivity index (χ2v) is 5.64. The summed E-state index contributed by atoms with van der Waals surface area (Å²) in [6.07, 6.45) is 0. The third-order valence-corrected chi connectivity index (χ3v) is 4.12. The zero-order valence-corrected chi connectivity index (χ0v) is 15.8. The van der Waals surface area contributed by atoms with Gasteiger partial charge in [-0.25, -0.2) is 4.79 Å². The van der Waals surface area contributed by atoms with Crippen LogP contribution in [0.3, 0.4) is 0 Å². The number of nitriles is 1. The molecule has 2 N–H and O–H groups in total. The van der Waals surface area contributed by atoms with Crippen molar-refractivity contribution < 1.29 is 28.7 Å². The van der Waals surface area contributed by atoms with Gasteiger partial charge in [-0.3, -0.25) is 10.1 Å². The molecule has 10 heteroatoms. The fourth-order valence-electron chi connectivity index (χ4n) is 2.96. The van der Waals surface area contributed by atoms with Gasteiger partial charge in [-0.1, -0.05) is 0 Å². The lowest BCUT2D eigenvalue weighted by Gasteiger charge is -2.28. The molecule has 10 nitrogen and oxygen atoms in total. The van der Waals surface area contributed by atoms with Crippen LogP contribution >= 0.6 is 0 Å². The van der Waals surface area contributed by atoms with E-state index in [9.17, 15) is 20.2 Å². The number of nitro groups is 1. The summed E-state index contributed by atoms with van der Waals surface area (Å²) >= 11 is 0. The smallest absolute Gasteiger partial charge is 0.338 e. The molecule has 1 heterocycles. The topological polar surface area (TPSA) is 147 Å². The Labute approximate surface area is 160 Å². The number of nitro benzene ring substituents is 1. The highest BCUT2D eigenvalue weighted by atomic mass is 16.6. The number of hydrogen-bond acceptors (Lipinski definition) is 9. The minimum atomic E-state index is -1.10. The summed E-state index contributed by atoms with van der Waals surface area (Å²) in [6.45, 7) is 3.19. The Kier molecular flexibility index (Phi) is 6.10. The molecule has 0 bridgehead atoms. The fraction of sp³-hybridized carbons (Fsp3) is 0.333. The first-order valence-corrected chi connectivity index (χ1v) is 8.16. The van der Waals surface area contributed by atoms with Gasteiger partial charge in [0.1, 0.15) is 17.4 Å². The number of hydrogen-bond donors (Lipinski definition) is 1. The number of rotatable bonds is 6. The largest absolute Gasteiger partial charge is 0.493 e. The van der Waals surface area contributed by atoms with Crippen LogP contribution in [0.15, 0.2) is 34.9 Å². The minimum absolute atomic E-state index is 0.00606. The lowest BCUT2D eigenvalue weighted by molar-refractivity contribution is -0.385. The summed E-state index contributed by atoms with van der Waals surface area (Å²) in [5.41, 5.74) is 5.58. The molecule has 0 radical (unpaired) electrons. The number of carbonyl (C=O) groups is 1. The van der Waals surface area contributed by atoms with Crippen molar-refractivity contribution in [3.05, 3.63) is 50.6 Å². The van der Waals surface area contributed by atoms with E-state index in [4.69, 9.17) is 24.7 Å². The third kappa shape index (κ3) is 3.55. The summed E-state index contributed by atoms with van der Waals surface area (Å²) < 4.78 is 21.0. The van der Waals surface area contributed by atoms with Crippen LogP contribution in [0.5, 0.6) is 11.5 Å². The number of benzene rings is 1. The predicted octanol–water partition coefficient (Wildman–Crippen LogP) is 2.26. The Balaban J connectivity index is 2.87. The van der Waals surface area contributed by atoms with E-state index in [0.717, 1.165) is 0 Å². The molecular weight excluding hydrogens is 370 g/mol. The average molecular weight is 389 g/mol. The zero-order valence-electron chi connectivity index (χ0n) is 15.8. The highest BCUT2D eigenvalue weighted by molar-refractivity contribution is 5.93. The molecule has 0 amide bonds. The van der Waals surface area contributed by atoms with Gasteiger partial charge in [0.05, 0.1) is 43.3 Å². The van der Waals surface area contributed by atoms with Crippen molar-refractivity contribution in [3.63, 3.8) is 0 Å². The van der Waals surface area contributed by atoms with Gasteiger partial charge in [0.2, 0.25) is 5.88 Å². The van der Waals surface area contributed by atoms with Gasteiger partial charge in [-0.15, -0.1) is 0 Å². The number of carbonyl (C=O) groups excluding carboxylic acids is 1. The molecule has 0 spiro atoms. The quantitative estimate of drug-likeness (QED) is 0.439. The van der Waals surface area contributed by atoms with E-state index in [2.05, 4.69) is 0 Å². The van der Waals surface area contributed by atoms with E-state index in [1.165, 1.54) is 33.3 Å². The van der Waals surface area contributed by atoms with Crippen LogP contribution in [0.4, 0.5) is 5.69 Å². The van der Waals surface area contributed by atoms with Crippen LogP contribution in [0, 0.1) is 21.4 Å². The van der Waals surface area contributed by atoms with E-state index in [1.807, 2.05) is 6.07 Å². The van der Waals surface area contributed by atoms with E-state index < -0.39 is 16.8 Å². The number of ether oxygens (including phenoxy) is 4. The van der Waals surface area contributed by atoms with E-state index >= 15 is 0 Å². The number of allylic oxidation sites excluding steroid dienone is 2. The lowest BCUT2D eigenvalue weighted by atomic mass is 9.82. The SMILES string of the molecule is CCOC(=O)C1=C(C)OC(N)=C(C#N)C1c1cc([N+](=O)[O-])cc(OC)c1OC. The molecule has 28 heavy (non-hydrogen) atoms. The first kappa shape index (κ1) is 20.6. The lowest BCUT2D eigenvalue weighted by Crippen LogP contribution is -2.26. The van der Waals surface area contributed by atoms with Crippen LogP contribution in [-0.2, 0) is 14.3 Å². The Morgan fingerprint density at radius 1 is 1.39 bits per heavy atom. The third-order valence-electron chi connectivity index (χ3n) is 4.12. The second kappa shape index (κ2) is 8.30. The highest BCUT2D eigenvalue weighted by Gasteiger charge is 2.39. The van der Waals surface area contributed by atoms with Gasteiger partial charge < -0.3 is 24.7 Å². The van der Waals surface area contributed by atoms with Crippen LogP contribution in [0.25, 0.3) is 0 Å². The maximum atomic E-state index is 12.6. The Morgan fingerprint density at radius 3 is 2.57 bits per heavy atom. The summed E-state index contributed by atoms with van der Waals surface area (Å²) in [6, 6.07) is 4.29. The van der Waals surface area contributed by atoms with Gasteiger partial charge in [0.25, 0.3) is 5.69 Å². The van der Waals surface area contributed by atoms with Crippen molar-refractivity contribution in [2.24, 2.45) is 5.73 Å². The molecule has 0 fully saturated rings. The van der Waals surface area contributed by atoms with Crippen molar-refractivity contribution in [3.8, 4) is 17.6 Å². The molecule has 0 aromatic heterocycles. The fourth-order valence-corrected chi connectivity index (χ4v) is 2.96. The standard InChI is InChI=1S/C18H19N3O7/c1-5-27-18(22)14-9(2)28-17(20)12(8-19)15(14)11-6-10(21(23)24)7-13(25-3)16(11)26-4/h6-7,15H,5,20H2,1-4H3. The van der Waals surface area contributed by atoms with Gasteiger partial charge >= 0.3 is 5.97 Å². The number of esters is 1. The molecule has 2 rings (SSSR count). The van der Waals surface area contributed by atoms with Crippen molar-refractivity contribution in [1.29, 1.82) is 5.26 Å². The van der Waals surface area contributed by atoms with Gasteiger partial charge in [0.15, 0.2) is 11.5 Å². The highest BCUT2D eigenvalue weighted by Crippen LogP contribution is 2.47. The van der Waals surface area contributed by atoms with Gasteiger partial charge in [-0.05, 0) is 13.8 Å². The van der Waals surface area contributed by atoms with Crippen molar-refractivity contribution in [1.82, 2.24) is 0 Å². The van der Waals surface area contributed by atoms with Crippen molar-refractivity contribution >= 4 is 11.7 Å². The average Bonchev–Trinajstić information content (AvgIpc) is 2.66. The molecule has 0 aliphatic carbocycles. The Bertz CT molecular complexity index is 928.